The molecule has 0 radical (unpaired) electrons. The number of esters is 1. The Labute approximate surface area is 179 Å². The van der Waals surface area contributed by atoms with Crippen LogP contribution in [-0.2, 0) is 20.9 Å². The van der Waals surface area contributed by atoms with Crippen molar-refractivity contribution in [2.75, 3.05) is 6.61 Å². The minimum atomic E-state index is -0.357. The summed E-state index contributed by atoms with van der Waals surface area (Å²) < 4.78 is 6.54. The minimum Gasteiger partial charge on any atom is -0.456 e. The maximum atomic E-state index is 13.3. The largest absolute Gasteiger partial charge is 0.456 e. The van der Waals surface area contributed by atoms with Crippen molar-refractivity contribution >= 4 is 11.9 Å². The number of pyridine rings is 1. The van der Waals surface area contributed by atoms with Gasteiger partial charge in [0, 0.05) is 30.9 Å². The molecule has 10 heteroatoms. The van der Waals surface area contributed by atoms with E-state index >= 15 is 0 Å². The summed E-state index contributed by atoms with van der Waals surface area (Å²) in [6, 6.07) is 4.38. The second-order valence-corrected chi connectivity index (χ2v) is 8.69. The summed E-state index contributed by atoms with van der Waals surface area (Å²) in [6.07, 6.45) is 9.27. The number of nitrogens with zero attached hydrogens (tertiary/aromatic N) is 6. The van der Waals surface area contributed by atoms with Crippen molar-refractivity contribution in [1.82, 2.24) is 35.4 Å². The zero-order valence-corrected chi connectivity index (χ0v) is 17.4. The summed E-state index contributed by atoms with van der Waals surface area (Å²) in [5, 5.41) is 14.7. The number of amides is 1. The highest BCUT2D eigenvalue weighted by molar-refractivity contribution is 5.91. The van der Waals surface area contributed by atoms with Crippen LogP contribution in [0.15, 0.2) is 36.4 Å². The molecule has 1 amide bonds. The first kappa shape index (κ1) is 19.8. The number of rotatable bonds is 5. The lowest BCUT2D eigenvalue weighted by molar-refractivity contribution is -0.138. The topological polar surface area (TPSA) is 115 Å². The van der Waals surface area contributed by atoms with Gasteiger partial charge in [0.1, 0.15) is 12.9 Å². The standard InChI is InChI=1S/C21H25N7O3/c1-14-9-21(20(30)28(14)17-8-19(29)31-12-17)6-4-16(5-7-21)22-10-15-2-3-18(23-11-15)27-13-24-25-26-27/h2-3,8,11,13-14,16,22H,4-7,9-10,12H2,1H3/t14-,16?,21?/m1/s1. The minimum absolute atomic E-state index is 0.0996. The van der Waals surface area contributed by atoms with Crippen molar-refractivity contribution in [2.45, 2.75) is 57.7 Å². The van der Waals surface area contributed by atoms with Crippen LogP contribution in [-0.4, -0.2) is 60.7 Å². The van der Waals surface area contributed by atoms with E-state index in [0.717, 1.165) is 44.2 Å². The molecule has 2 aromatic heterocycles. The van der Waals surface area contributed by atoms with Crippen molar-refractivity contribution in [3.05, 3.63) is 42.0 Å². The van der Waals surface area contributed by atoms with Gasteiger partial charge in [0.05, 0.1) is 11.1 Å². The third kappa shape index (κ3) is 3.71. The molecular weight excluding hydrogens is 398 g/mol. The molecule has 5 rings (SSSR count). The van der Waals surface area contributed by atoms with Crippen LogP contribution in [0.3, 0.4) is 0 Å². The monoisotopic (exact) mass is 423 g/mol. The van der Waals surface area contributed by atoms with E-state index in [0.29, 0.717) is 17.6 Å². The first-order valence-electron chi connectivity index (χ1n) is 10.7. The molecule has 2 fully saturated rings. The molecule has 4 heterocycles. The zero-order chi connectivity index (χ0) is 21.4. The maximum Gasteiger partial charge on any atom is 0.333 e. The number of tetrazole rings is 1. The van der Waals surface area contributed by atoms with Gasteiger partial charge in [-0.1, -0.05) is 6.07 Å². The highest BCUT2D eigenvalue weighted by atomic mass is 16.5. The predicted molar refractivity (Wildman–Crippen MR) is 108 cm³/mol. The number of hydrogen-bond donors (Lipinski definition) is 1. The highest BCUT2D eigenvalue weighted by Gasteiger charge is 2.52. The molecule has 1 saturated heterocycles. The average molecular weight is 423 g/mol. The van der Waals surface area contributed by atoms with Gasteiger partial charge in [0.15, 0.2) is 5.82 Å². The van der Waals surface area contributed by atoms with Crippen LogP contribution in [0.4, 0.5) is 0 Å². The number of likely N-dealkylation sites (tertiary alicyclic amines) is 1. The Bertz CT molecular complexity index is 994. The SMILES string of the molecule is C[C@@H]1CC2(CCC(NCc3ccc(-n4cnnn4)nc3)CC2)C(=O)N1C1=CC(=O)OC1. The van der Waals surface area contributed by atoms with Gasteiger partial charge >= 0.3 is 5.97 Å². The second kappa shape index (κ2) is 7.84. The number of ether oxygens (including phenoxy) is 1. The number of aromatic nitrogens is 5. The normalized spacial score (nSPS) is 28.3. The fourth-order valence-electron chi connectivity index (χ4n) is 5.09. The van der Waals surface area contributed by atoms with E-state index in [9.17, 15) is 9.59 Å². The first-order valence-corrected chi connectivity index (χ1v) is 10.7. The van der Waals surface area contributed by atoms with E-state index in [2.05, 4.69) is 32.7 Å². The van der Waals surface area contributed by atoms with Gasteiger partial charge in [0.25, 0.3) is 0 Å². The quantitative estimate of drug-likeness (QED) is 0.712. The summed E-state index contributed by atoms with van der Waals surface area (Å²) >= 11 is 0. The number of carbonyl (C=O) groups excluding carboxylic acids is 2. The lowest BCUT2D eigenvalue weighted by atomic mass is 9.70. The molecular formula is C21H25N7O3. The maximum absolute atomic E-state index is 13.3. The number of hydrogen-bond acceptors (Lipinski definition) is 8. The van der Waals surface area contributed by atoms with Crippen molar-refractivity contribution < 1.29 is 14.3 Å². The Hall–Kier alpha value is -3.14. The summed E-state index contributed by atoms with van der Waals surface area (Å²) in [6.45, 7) is 2.99. The fraction of sp³-hybridized carbons (Fsp3) is 0.524. The summed E-state index contributed by atoms with van der Waals surface area (Å²) in [5.41, 5.74) is 1.49. The van der Waals surface area contributed by atoms with Gasteiger partial charge in [-0.15, -0.1) is 5.10 Å². The number of cyclic esters (lactones) is 1. The van der Waals surface area contributed by atoms with Crippen molar-refractivity contribution in [3.63, 3.8) is 0 Å². The lowest BCUT2D eigenvalue weighted by Gasteiger charge is -2.36. The highest BCUT2D eigenvalue weighted by Crippen LogP contribution is 2.48. The molecule has 2 aliphatic heterocycles. The van der Waals surface area contributed by atoms with Gasteiger partial charge in [0.2, 0.25) is 5.91 Å². The van der Waals surface area contributed by atoms with E-state index < -0.39 is 0 Å². The van der Waals surface area contributed by atoms with Gasteiger partial charge in [-0.05, 0) is 61.1 Å². The Kier molecular flexibility index (Phi) is 5.01. The number of carbonyl (C=O) groups is 2. The Morgan fingerprint density at radius 3 is 2.74 bits per heavy atom. The van der Waals surface area contributed by atoms with Gasteiger partial charge in [-0.3, -0.25) is 4.79 Å². The summed E-state index contributed by atoms with van der Waals surface area (Å²) in [7, 11) is 0. The average Bonchev–Trinajstić information content (AvgIpc) is 3.50. The Balaban J connectivity index is 1.16. The molecule has 1 N–H and O–H groups in total. The molecule has 162 valence electrons. The first-order chi connectivity index (χ1) is 15.0. The third-order valence-electron chi connectivity index (χ3n) is 6.69. The third-order valence-corrected chi connectivity index (χ3v) is 6.69. The van der Waals surface area contributed by atoms with Crippen LogP contribution in [0.25, 0.3) is 5.82 Å². The van der Waals surface area contributed by atoms with E-state index in [4.69, 9.17) is 4.74 Å². The summed E-state index contributed by atoms with van der Waals surface area (Å²) in [4.78, 5) is 30.9. The molecule has 0 unspecified atom stereocenters. The molecule has 1 aliphatic carbocycles. The molecule has 1 saturated carbocycles. The van der Waals surface area contributed by atoms with E-state index in [-0.39, 0.29) is 29.9 Å². The van der Waals surface area contributed by atoms with Gasteiger partial charge in [-0.2, -0.15) is 4.68 Å². The lowest BCUT2D eigenvalue weighted by Crippen LogP contribution is -2.42. The summed E-state index contributed by atoms with van der Waals surface area (Å²) in [5.74, 6) is 0.478. The molecule has 3 aliphatic rings. The van der Waals surface area contributed by atoms with Crippen LogP contribution >= 0.6 is 0 Å². The van der Waals surface area contributed by atoms with Crippen molar-refractivity contribution in [1.29, 1.82) is 0 Å². The zero-order valence-electron chi connectivity index (χ0n) is 17.4. The van der Waals surface area contributed by atoms with Gasteiger partial charge < -0.3 is 15.0 Å². The molecule has 2 aromatic rings. The molecule has 0 bridgehead atoms. The van der Waals surface area contributed by atoms with E-state index in [1.807, 2.05) is 18.3 Å². The van der Waals surface area contributed by atoms with Gasteiger partial charge in [-0.25, -0.2) is 9.78 Å². The van der Waals surface area contributed by atoms with Crippen LogP contribution in [0.2, 0.25) is 0 Å². The second-order valence-electron chi connectivity index (χ2n) is 8.69. The van der Waals surface area contributed by atoms with Crippen molar-refractivity contribution in [2.24, 2.45) is 5.41 Å². The van der Waals surface area contributed by atoms with E-state index in [1.54, 1.807) is 4.90 Å². The van der Waals surface area contributed by atoms with Crippen LogP contribution < -0.4 is 5.32 Å². The van der Waals surface area contributed by atoms with Crippen LogP contribution in [0.5, 0.6) is 0 Å². The molecule has 1 spiro atoms. The van der Waals surface area contributed by atoms with Crippen LogP contribution in [0.1, 0.15) is 44.6 Å². The fourth-order valence-corrected chi connectivity index (χ4v) is 5.09. The van der Waals surface area contributed by atoms with Crippen LogP contribution in [0, 0.1) is 5.41 Å². The smallest absolute Gasteiger partial charge is 0.333 e. The number of nitrogens with one attached hydrogen (secondary N) is 1. The molecule has 31 heavy (non-hydrogen) atoms. The Morgan fingerprint density at radius 1 is 1.26 bits per heavy atom. The molecule has 10 nitrogen and oxygen atoms in total. The molecule has 1 atom stereocenters. The van der Waals surface area contributed by atoms with Crippen molar-refractivity contribution in [3.8, 4) is 5.82 Å². The van der Waals surface area contributed by atoms with E-state index in [1.165, 1.54) is 17.1 Å². The molecule has 0 aromatic carbocycles. The predicted octanol–water partition coefficient (Wildman–Crippen LogP) is 1.14. The Morgan fingerprint density at radius 2 is 2.10 bits per heavy atom.